The molecule has 18 heavy (non-hydrogen) atoms. The van der Waals surface area contributed by atoms with Crippen LogP contribution in [0.5, 0.6) is 0 Å². The standard InChI is InChI=1S/C12H11FN2O3/c1-7(11(16)17)8-2-4-9(5-3-8)14-12-15-10(13)6-18-12/h2-7H,1H3,(H,14,15)(H,16,17)/t7-/m0/s1. The summed E-state index contributed by atoms with van der Waals surface area (Å²) >= 11 is 0. The molecular weight excluding hydrogens is 239 g/mol. The first-order valence-corrected chi connectivity index (χ1v) is 5.27. The zero-order chi connectivity index (χ0) is 13.1. The Kier molecular flexibility index (Phi) is 3.27. The number of hydrogen-bond donors (Lipinski definition) is 2. The molecule has 1 aromatic heterocycles. The van der Waals surface area contributed by atoms with Crippen molar-refractivity contribution in [2.45, 2.75) is 12.8 Å². The number of aromatic nitrogens is 1. The second-order valence-corrected chi connectivity index (χ2v) is 3.78. The van der Waals surface area contributed by atoms with E-state index in [2.05, 4.69) is 10.3 Å². The maximum atomic E-state index is 12.6. The Balaban J connectivity index is 2.10. The zero-order valence-electron chi connectivity index (χ0n) is 9.55. The van der Waals surface area contributed by atoms with E-state index in [9.17, 15) is 9.18 Å². The van der Waals surface area contributed by atoms with Gasteiger partial charge < -0.3 is 14.8 Å². The van der Waals surface area contributed by atoms with Gasteiger partial charge in [-0.15, -0.1) is 0 Å². The van der Waals surface area contributed by atoms with Crippen molar-refractivity contribution in [1.82, 2.24) is 4.98 Å². The lowest BCUT2D eigenvalue weighted by molar-refractivity contribution is -0.138. The van der Waals surface area contributed by atoms with Gasteiger partial charge in [0.2, 0.25) is 0 Å². The van der Waals surface area contributed by atoms with Gasteiger partial charge in [0, 0.05) is 5.69 Å². The number of halogens is 1. The Bertz CT molecular complexity index is 551. The van der Waals surface area contributed by atoms with Gasteiger partial charge in [-0.25, -0.2) is 0 Å². The maximum absolute atomic E-state index is 12.6. The molecule has 0 aliphatic rings. The number of benzene rings is 1. The summed E-state index contributed by atoms with van der Waals surface area (Å²) in [6.07, 6.45) is 0.892. The van der Waals surface area contributed by atoms with Crippen LogP contribution in [0.15, 0.2) is 34.9 Å². The molecule has 2 N–H and O–H groups in total. The van der Waals surface area contributed by atoms with Crippen molar-refractivity contribution < 1.29 is 18.7 Å². The Morgan fingerprint density at radius 3 is 2.61 bits per heavy atom. The smallest absolute Gasteiger partial charge is 0.310 e. The minimum atomic E-state index is -0.884. The van der Waals surface area contributed by atoms with Crippen molar-refractivity contribution in [2.24, 2.45) is 0 Å². The second kappa shape index (κ2) is 4.87. The largest absolute Gasteiger partial charge is 0.481 e. The molecule has 0 spiro atoms. The lowest BCUT2D eigenvalue weighted by Crippen LogP contribution is -2.07. The lowest BCUT2D eigenvalue weighted by atomic mass is 10.0. The van der Waals surface area contributed by atoms with Crippen LogP contribution in [-0.2, 0) is 4.79 Å². The van der Waals surface area contributed by atoms with Crippen LogP contribution >= 0.6 is 0 Å². The summed E-state index contributed by atoms with van der Waals surface area (Å²) in [6, 6.07) is 6.76. The summed E-state index contributed by atoms with van der Waals surface area (Å²) in [7, 11) is 0. The molecule has 1 atom stereocenters. The van der Waals surface area contributed by atoms with Gasteiger partial charge in [-0.2, -0.15) is 9.37 Å². The molecule has 0 saturated heterocycles. The van der Waals surface area contributed by atoms with Gasteiger partial charge in [0.05, 0.1) is 5.92 Å². The fourth-order valence-corrected chi connectivity index (χ4v) is 1.43. The summed E-state index contributed by atoms with van der Waals surface area (Å²) in [6.45, 7) is 1.61. The average Bonchev–Trinajstić information content (AvgIpc) is 2.75. The summed E-state index contributed by atoms with van der Waals surface area (Å²) in [5.74, 6) is -2.16. The van der Waals surface area contributed by atoms with E-state index in [1.165, 1.54) is 0 Å². The van der Waals surface area contributed by atoms with Crippen molar-refractivity contribution in [3.63, 3.8) is 0 Å². The van der Waals surface area contributed by atoms with E-state index in [-0.39, 0.29) is 6.01 Å². The van der Waals surface area contributed by atoms with Crippen LogP contribution in [-0.4, -0.2) is 16.1 Å². The van der Waals surface area contributed by atoms with E-state index in [1.807, 2.05) is 0 Å². The molecule has 2 rings (SSSR count). The highest BCUT2D eigenvalue weighted by Gasteiger charge is 2.13. The van der Waals surface area contributed by atoms with Crippen molar-refractivity contribution in [3.8, 4) is 0 Å². The van der Waals surface area contributed by atoms with E-state index in [4.69, 9.17) is 9.52 Å². The van der Waals surface area contributed by atoms with Crippen LogP contribution in [0.1, 0.15) is 18.4 Å². The second-order valence-electron chi connectivity index (χ2n) is 3.78. The number of anilines is 2. The van der Waals surface area contributed by atoms with Gasteiger partial charge in [-0.05, 0) is 24.6 Å². The van der Waals surface area contributed by atoms with Crippen LogP contribution in [0.3, 0.4) is 0 Å². The molecule has 94 valence electrons. The number of oxazole rings is 1. The molecule has 0 aliphatic carbocycles. The number of nitrogens with one attached hydrogen (secondary N) is 1. The van der Waals surface area contributed by atoms with E-state index in [0.717, 1.165) is 6.26 Å². The predicted octanol–water partition coefficient (Wildman–Crippen LogP) is 2.75. The van der Waals surface area contributed by atoms with Gasteiger partial charge in [0.1, 0.15) is 6.26 Å². The van der Waals surface area contributed by atoms with Crippen LogP contribution in [0.4, 0.5) is 16.1 Å². The monoisotopic (exact) mass is 250 g/mol. The molecule has 1 aromatic carbocycles. The average molecular weight is 250 g/mol. The fraction of sp³-hybridized carbons (Fsp3) is 0.167. The predicted molar refractivity (Wildman–Crippen MR) is 62.2 cm³/mol. The third-order valence-corrected chi connectivity index (χ3v) is 2.51. The Morgan fingerprint density at radius 2 is 2.11 bits per heavy atom. The van der Waals surface area contributed by atoms with Gasteiger partial charge in [0.15, 0.2) is 0 Å². The van der Waals surface area contributed by atoms with Gasteiger partial charge in [-0.1, -0.05) is 12.1 Å². The van der Waals surface area contributed by atoms with E-state index >= 15 is 0 Å². The van der Waals surface area contributed by atoms with Crippen molar-refractivity contribution >= 4 is 17.7 Å². The van der Waals surface area contributed by atoms with Crippen LogP contribution in [0.2, 0.25) is 0 Å². The molecule has 0 saturated carbocycles. The molecule has 2 aromatic rings. The quantitative estimate of drug-likeness (QED) is 0.872. The Hall–Kier alpha value is -2.37. The van der Waals surface area contributed by atoms with Crippen molar-refractivity contribution in [2.75, 3.05) is 5.32 Å². The third kappa shape index (κ3) is 2.65. The molecule has 5 nitrogen and oxygen atoms in total. The van der Waals surface area contributed by atoms with Crippen LogP contribution in [0, 0.1) is 5.95 Å². The SMILES string of the molecule is C[C@H](C(=O)O)c1ccc(Nc2nc(F)co2)cc1. The molecule has 1 heterocycles. The number of carbonyl (C=O) groups is 1. The number of carboxylic acid groups (broad SMARTS) is 1. The minimum Gasteiger partial charge on any atom is -0.481 e. The number of hydrogen-bond acceptors (Lipinski definition) is 4. The highest BCUT2D eigenvalue weighted by molar-refractivity contribution is 5.75. The maximum Gasteiger partial charge on any atom is 0.310 e. The number of nitrogens with zero attached hydrogens (tertiary/aromatic N) is 1. The lowest BCUT2D eigenvalue weighted by Gasteiger charge is -2.07. The molecule has 0 unspecified atom stereocenters. The molecule has 0 radical (unpaired) electrons. The highest BCUT2D eigenvalue weighted by atomic mass is 19.1. The van der Waals surface area contributed by atoms with Crippen molar-refractivity contribution in [1.29, 1.82) is 0 Å². The molecule has 0 fully saturated rings. The summed E-state index contributed by atoms with van der Waals surface area (Å²) in [5.41, 5.74) is 1.32. The first-order chi connectivity index (χ1) is 8.56. The van der Waals surface area contributed by atoms with Gasteiger partial charge in [0.25, 0.3) is 5.95 Å². The normalized spacial score (nSPS) is 12.1. The fourth-order valence-electron chi connectivity index (χ4n) is 1.43. The zero-order valence-corrected chi connectivity index (χ0v) is 9.55. The minimum absolute atomic E-state index is 0.0477. The molecule has 0 bridgehead atoms. The summed E-state index contributed by atoms with van der Waals surface area (Å²) < 4.78 is 17.4. The third-order valence-electron chi connectivity index (χ3n) is 2.51. The number of aliphatic carboxylic acids is 1. The van der Waals surface area contributed by atoms with E-state index in [0.29, 0.717) is 11.3 Å². The molecule has 0 aliphatic heterocycles. The van der Waals surface area contributed by atoms with Gasteiger partial charge >= 0.3 is 12.0 Å². The Morgan fingerprint density at radius 1 is 1.44 bits per heavy atom. The van der Waals surface area contributed by atoms with Crippen LogP contribution < -0.4 is 5.32 Å². The van der Waals surface area contributed by atoms with E-state index < -0.39 is 17.8 Å². The first-order valence-electron chi connectivity index (χ1n) is 5.27. The van der Waals surface area contributed by atoms with Crippen LogP contribution in [0.25, 0.3) is 0 Å². The van der Waals surface area contributed by atoms with E-state index in [1.54, 1.807) is 31.2 Å². The number of carboxylic acids is 1. The Labute approximate surface area is 102 Å². The first kappa shape index (κ1) is 12.1. The highest BCUT2D eigenvalue weighted by Crippen LogP contribution is 2.20. The molecule has 6 heteroatoms. The van der Waals surface area contributed by atoms with Gasteiger partial charge in [-0.3, -0.25) is 4.79 Å². The molecule has 0 amide bonds. The van der Waals surface area contributed by atoms with Crippen molar-refractivity contribution in [3.05, 3.63) is 42.0 Å². The molecular formula is C12H11FN2O3. The topological polar surface area (TPSA) is 75.4 Å². The number of rotatable bonds is 4. The summed E-state index contributed by atoms with van der Waals surface area (Å²) in [5, 5.41) is 11.6. The summed E-state index contributed by atoms with van der Waals surface area (Å²) in [4.78, 5) is 14.2.